The maximum absolute atomic E-state index is 13.2. The average Bonchev–Trinajstić information content (AvgIpc) is 2.92. The first kappa shape index (κ1) is 30.9. The Morgan fingerprint density at radius 3 is 1.52 bits per heavy atom. The number of unbranched alkanes of at least 4 members (excludes halogenated alkanes) is 4. The van der Waals surface area contributed by atoms with E-state index in [2.05, 4.69) is 32.6 Å². The molecule has 40 heavy (non-hydrogen) atoms. The maximum atomic E-state index is 13.2. The third kappa shape index (κ3) is 6.54. The molecular weight excluding hydrogens is 508 g/mol. The minimum absolute atomic E-state index is 0.185. The van der Waals surface area contributed by atoms with Crippen molar-refractivity contribution in [3.8, 4) is 11.5 Å². The first-order valence-corrected chi connectivity index (χ1v) is 14.7. The second kappa shape index (κ2) is 14.1. The van der Waals surface area contributed by atoms with Crippen molar-refractivity contribution in [2.24, 2.45) is 0 Å². The minimum atomic E-state index is -0.723. The summed E-state index contributed by atoms with van der Waals surface area (Å²) in [5, 5.41) is 43.4. The molecule has 1 aromatic rings. The predicted octanol–water partition coefficient (Wildman–Crippen LogP) is 6.46. The Hall–Kier alpha value is -3.68. The molecule has 218 valence electrons. The minimum Gasteiger partial charge on any atom is -0.507 e. The van der Waals surface area contributed by atoms with Gasteiger partial charge in [0.15, 0.2) is 5.78 Å². The van der Waals surface area contributed by atoms with Gasteiger partial charge in [-0.25, -0.2) is 0 Å². The van der Waals surface area contributed by atoms with Crippen molar-refractivity contribution >= 4 is 22.8 Å². The monoisotopic (exact) mass is 552 g/mol. The largest absolute Gasteiger partial charge is 0.507 e. The average molecular weight is 553 g/mol. The first-order chi connectivity index (χ1) is 19.2. The lowest BCUT2D eigenvalue weighted by Crippen LogP contribution is -2.30. The van der Waals surface area contributed by atoms with E-state index in [0.717, 1.165) is 77.5 Å². The number of phenolic OH excluding ortho intramolecular Hbond substituents is 2. The summed E-state index contributed by atoms with van der Waals surface area (Å²) in [5.41, 5.74) is 0.152. The third-order valence-corrected chi connectivity index (χ3v) is 7.43. The second-order valence-electron chi connectivity index (χ2n) is 10.5. The van der Waals surface area contributed by atoms with Crippen LogP contribution in [0, 0.1) is 0 Å². The van der Waals surface area contributed by atoms with Crippen LogP contribution in [0.4, 0.5) is 5.69 Å². The van der Waals surface area contributed by atoms with E-state index in [0.29, 0.717) is 11.4 Å². The van der Waals surface area contributed by atoms with Gasteiger partial charge in [0.2, 0.25) is 5.78 Å². The molecule has 8 nitrogen and oxygen atoms in total. The molecule has 0 aliphatic heterocycles. The van der Waals surface area contributed by atoms with E-state index in [9.17, 15) is 30.0 Å². The number of Topliss-reactive ketones (excluding diaryl/α,β-unsaturated/α-hetero) is 1. The van der Waals surface area contributed by atoms with E-state index in [4.69, 9.17) is 0 Å². The van der Waals surface area contributed by atoms with Crippen LogP contribution in [0.1, 0.15) is 84.6 Å². The fourth-order valence-electron chi connectivity index (χ4n) is 5.06. The lowest BCUT2D eigenvalue weighted by atomic mass is 9.78. The van der Waals surface area contributed by atoms with Crippen LogP contribution >= 0.6 is 0 Å². The van der Waals surface area contributed by atoms with Crippen LogP contribution in [0.2, 0.25) is 0 Å². The lowest BCUT2D eigenvalue weighted by Gasteiger charge is -2.30. The Morgan fingerprint density at radius 1 is 0.625 bits per heavy atom. The molecule has 0 fully saturated rings. The Morgan fingerprint density at radius 2 is 1.10 bits per heavy atom. The highest BCUT2D eigenvalue weighted by atomic mass is 16.3. The second-order valence-corrected chi connectivity index (χ2v) is 10.5. The van der Waals surface area contributed by atoms with Crippen molar-refractivity contribution in [3.63, 3.8) is 0 Å². The summed E-state index contributed by atoms with van der Waals surface area (Å²) >= 11 is 0. The number of nitrogens with zero attached hydrogens (tertiary/aromatic N) is 2. The quantitative estimate of drug-likeness (QED) is 0.183. The van der Waals surface area contributed by atoms with E-state index in [1.807, 2.05) is 4.90 Å². The molecular formula is C32H44N2O6. The molecule has 0 unspecified atom stereocenters. The van der Waals surface area contributed by atoms with Gasteiger partial charge in [-0.15, -0.1) is 0 Å². The predicted molar refractivity (Wildman–Crippen MR) is 159 cm³/mol. The van der Waals surface area contributed by atoms with Crippen molar-refractivity contribution in [3.05, 3.63) is 58.2 Å². The van der Waals surface area contributed by atoms with Gasteiger partial charge in [0, 0.05) is 61.8 Å². The number of carbonyl (C=O) groups is 2. The van der Waals surface area contributed by atoms with E-state index in [1.165, 1.54) is 24.3 Å². The molecule has 0 radical (unpaired) electrons. The van der Waals surface area contributed by atoms with Gasteiger partial charge in [0.1, 0.15) is 23.0 Å². The van der Waals surface area contributed by atoms with Gasteiger partial charge in [-0.2, -0.15) is 0 Å². The number of anilines is 1. The molecule has 4 N–H and O–H groups in total. The number of hydrogen-bond donors (Lipinski definition) is 4. The Balaban J connectivity index is 1.96. The number of hydrogen-bond acceptors (Lipinski definition) is 8. The molecule has 0 spiro atoms. The molecule has 0 amide bonds. The highest BCUT2D eigenvalue weighted by Crippen LogP contribution is 2.47. The molecule has 3 rings (SSSR count). The van der Waals surface area contributed by atoms with Crippen molar-refractivity contribution in [1.29, 1.82) is 0 Å². The summed E-state index contributed by atoms with van der Waals surface area (Å²) in [5.74, 6) is -2.91. The maximum Gasteiger partial charge on any atom is 0.202 e. The first-order valence-electron chi connectivity index (χ1n) is 14.7. The standard InChI is InChI=1S/C32H44N2O6/c1-5-9-13-33(14-10-6-2)21-17-23(35)27(24(36)18-21)29-31(39)30(32(29)40)28-25(37)19-22(20-26(28)38)34(15-11-7-3)16-12-8-4/h17-20,35-37,39H,5-16H2,1-4H3/b30-28-. The molecule has 0 saturated heterocycles. The van der Waals surface area contributed by atoms with Gasteiger partial charge in [-0.05, 0) is 25.7 Å². The van der Waals surface area contributed by atoms with Crippen LogP contribution < -0.4 is 4.90 Å². The molecule has 8 heteroatoms. The normalized spacial score (nSPS) is 17.1. The van der Waals surface area contributed by atoms with Gasteiger partial charge in [0.05, 0.1) is 22.3 Å². The molecule has 0 saturated carbocycles. The highest BCUT2D eigenvalue weighted by Gasteiger charge is 2.42. The zero-order valence-electron chi connectivity index (χ0n) is 24.3. The Bertz CT molecular complexity index is 1200. The van der Waals surface area contributed by atoms with Gasteiger partial charge in [-0.1, -0.05) is 53.4 Å². The molecule has 1 aromatic carbocycles. The van der Waals surface area contributed by atoms with Crippen molar-refractivity contribution in [2.75, 3.05) is 31.1 Å². The number of rotatable bonds is 15. The molecule has 2 aliphatic rings. The molecule has 0 bridgehead atoms. The van der Waals surface area contributed by atoms with Crippen molar-refractivity contribution < 1.29 is 30.0 Å². The van der Waals surface area contributed by atoms with E-state index in [-0.39, 0.29) is 39.5 Å². The number of aromatic hydroxyl groups is 2. The summed E-state index contributed by atoms with van der Waals surface area (Å²) in [6, 6.07) is 2.97. The molecule has 0 aromatic heterocycles. The van der Waals surface area contributed by atoms with E-state index >= 15 is 0 Å². The fourth-order valence-corrected chi connectivity index (χ4v) is 5.06. The zero-order valence-corrected chi connectivity index (χ0v) is 24.3. The van der Waals surface area contributed by atoms with E-state index in [1.54, 1.807) is 0 Å². The Labute approximate surface area is 237 Å². The number of benzene rings is 1. The number of ketones is 2. The molecule has 2 aliphatic carbocycles. The van der Waals surface area contributed by atoms with Crippen LogP contribution in [0.25, 0.3) is 5.57 Å². The topological polar surface area (TPSA) is 122 Å². The lowest BCUT2D eigenvalue weighted by molar-refractivity contribution is -0.114. The molecule has 0 heterocycles. The smallest absolute Gasteiger partial charge is 0.202 e. The van der Waals surface area contributed by atoms with E-state index < -0.39 is 17.3 Å². The van der Waals surface area contributed by atoms with Gasteiger partial charge in [-0.3, -0.25) is 9.59 Å². The van der Waals surface area contributed by atoms with Crippen LogP contribution in [-0.2, 0) is 9.59 Å². The van der Waals surface area contributed by atoms with Crippen LogP contribution in [-0.4, -0.2) is 63.1 Å². The van der Waals surface area contributed by atoms with Gasteiger partial charge < -0.3 is 30.2 Å². The van der Waals surface area contributed by atoms with Gasteiger partial charge in [0.25, 0.3) is 0 Å². The molecule has 0 atom stereocenters. The number of allylic oxidation sites excluding steroid dienone is 5. The van der Waals surface area contributed by atoms with Crippen LogP contribution in [0.5, 0.6) is 11.5 Å². The number of aliphatic hydroxyl groups excluding tert-OH is 2. The summed E-state index contributed by atoms with van der Waals surface area (Å²) < 4.78 is 0. The zero-order chi connectivity index (χ0) is 29.4. The summed E-state index contributed by atoms with van der Waals surface area (Å²) in [4.78, 5) is 30.5. The Kier molecular flexibility index (Phi) is 10.9. The van der Waals surface area contributed by atoms with Crippen molar-refractivity contribution in [2.45, 2.75) is 79.1 Å². The highest BCUT2D eigenvalue weighted by molar-refractivity contribution is 6.42. The summed E-state index contributed by atoms with van der Waals surface area (Å²) in [6.45, 7) is 11.3. The van der Waals surface area contributed by atoms with Crippen LogP contribution in [0.15, 0.2) is 52.6 Å². The van der Waals surface area contributed by atoms with Crippen molar-refractivity contribution in [1.82, 2.24) is 4.90 Å². The number of carbonyl (C=O) groups excluding carboxylic acids is 2. The number of aliphatic hydroxyl groups is 2. The van der Waals surface area contributed by atoms with Crippen LogP contribution in [0.3, 0.4) is 0 Å². The fraction of sp³-hybridized carbons (Fsp3) is 0.500. The SMILES string of the molecule is CCCCN(CCCC)C1=CC(=O)/C(=C2\C(=O)C(c3c(O)cc(N(CCCC)CCCC)cc3O)=C2O)C(O)=C1. The van der Waals surface area contributed by atoms with Gasteiger partial charge >= 0.3 is 0 Å². The number of phenols is 2. The summed E-state index contributed by atoms with van der Waals surface area (Å²) in [6.07, 6.45) is 10.6. The summed E-state index contributed by atoms with van der Waals surface area (Å²) in [7, 11) is 0. The third-order valence-electron chi connectivity index (χ3n) is 7.43.